The third kappa shape index (κ3) is 6.06. The molecule has 0 aromatic rings. The second-order valence-electron chi connectivity index (χ2n) is 3.76. The number of aliphatic hydroxyl groups excluding tert-OH is 2. The van der Waals surface area contributed by atoms with Crippen molar-refractivity contribution < 1.29 is 23.2 Å². The molecule has 0 aromatic heterocycles. The Labute approximate surface area is 90.3 Å². The topological polar surface area (TPSA) is 101 Å². The van der Waals surface area contributed by atoms with Crippen LogP contribution in [0.5, 0.6) is 0 Å². The molecule has 7 heteroatoms. The molecule has 1 atom stereocenters. The predicted molar refractivity (Wildman–Crippen MR) is 53.8 cm³/mol. The van der Waals surface area contributed by atoms with Crippen LogP contribution in [0, 0.1) is 5.92 Å². The summed E-state index contributed by atoms with van der Waals surface area (Å²) in [6.45, 7) is 3.81. The Morgan fingerprint density at radius 3 is 2.20 bits per heavy atom. The highest BCUT2D eigenvalue weighted by atomic mass is 32.2. The summed E-state index contributed by atoms with van der Waals surface area (Å²) in [7, 11) is -4.75. The molecule has 1 unspecified atom stereocenters. The molecule has 0 spiro atoms. The second-order valence-corrected chi connectivity index (χ2v) is 5.17. The summed E-state index contributed by atoms with van der Waals surface area (Å²) in [4.78, 5) is 1.06. The van der Waals surface area contributed by atoms with Gasteiger partial charge in [0, 0.05) is 13.1 Å². The van der Waals surface area contributed by atoms with Crippen molar-refractivity contribution in [1.29, 1.82) is 0 Å². The lowest BCUT2D eigenvalue weighted by Crippen LogP contribution is -2.43. The van der Waals surface area contributed by atoms with Crippen LogP contribution in [-0.4, -0.2) is 53.3 Å². The van der Waals surface area contributed by atoms with Gasteiger partial charge in [-0.2, -0.15) is 0 Å². The van der Waals surface area contributed by atoms with Crippen molar-refractivity contribution in [3.05, 3.63) is 0 Å². The van der Waals surface area contributed by atoms with Crippen LogP contribution in [0.1, 0.15) is 20.3 Å². The fourth-order valence-corrected chi connectivity index (χ4v) is 1.64. The summed E-state index contributed by atoms with van der Waals surface area (Å²) in [6.07, 6.45) is 0.645. The monoisotopic (exact) mass is 240 g/mol. The van der Waals surface area contributed by atoms with E-state index in [1.165, 1.54) is 0 Å². The zero-order chi connectivity index (χ0) is 12.1. The average molecular weight is 240 g/mol. The SMILES string of the molecule is CC(C)CCN(CCO)C(O)S(=O)(=O)[O-]. The van der Waals surface area contributed by atoms with Gasteiger partial charge < -0.3 is 14.8 Å². The number of hydrogen-bond acceptors (Lipinski definition) is 6. The molecular weight excluding hydrogens is 222 g/mol. The highest BCUT2D eigenvalue weighted by Crippen LogP contribution is 2.07. The van der Waals surface area contributed by atoms with Crippen LogP contribution in [0.25, 0.3) is 0 Å². The van der Waals surface area contributed by atoms with E-state index in [0.717, 1.165) is 4.90 Å². The van der Waals surface area contributed by atoms with Gasteiger partial charge in [-0.25, -0.2) is 8.42 Å². The molecule has 0 aliphatic rings. The Bertz CT molecular complexity index is 264. The summed E-state index contributed by atoms with van der Waals surface area (Å²) in [5, 5.41) is 17.9. The zero-order valence-electron chi connectivity index (χ0n) is 8.96. The van der Waals surface area contributed by atoms with Crippen molar-refractivity contribution in [2.75, 3.05) is 19.7 Å². The number of hydrogen-bond donors (Lipinski definition) is 2. The van der Waals surface area contributed by atoms with Gasteiger partial charge in [-0.15, -0.1) is 0 Å². The minimum atomic E-state index is -4.75. The van der Waals surface area contributed by atoms with E-state index in [2.05, 4.69) is 0 Å². The average Bonchev–Trinajstić information content (AvgIpc) is 2.09. The number of nitrogens with zero attached hydrogens (tertiary/aromatic N) is 1. The van der Waals surface area contributed by atoms with Gasteiger partial charge in [0.2, 0.25) is 0 Å². The van der Waals surface area contributed by atoms with Crippen LogP contribution in [-0.2, 0) is 10.1 Å². The Hall–Kier alpha value is -0.210. The standard InChI is InChI=1S/C8H19NO5S/c1-7(2)3-4-9(5-6-10)8(11)15(12,13)14/h7-8,10-11H,3-6H2,1-2H3,(H,12,13,14)/p-1. The minimum Gasteiger partial charge on any atom is -0.745 e. The third-order valence-corrected chi connectivity index (χ3v) is 2.77. The first-order valence-corrected chi connectivity index (χ1v) is 6.24. The van der Waals surface area contributed by atoms with E-state index in [0.29, 0.717) is 12.3 Å². The molecule has 0 amide bonds. The first-order chi connectivity index (χ1) is 6.79. The second kappa shape index (κ2) is 6.39. The molecule has 0 fully saturated rings. The van der Waals surface area contributed by atoms with Crippen molar-refractivity contribution in [2.24, 2.45) is 5.92 Å². The van der Waals surface area contributed by atoms with Crippen LogP contribution in [0.2, 0.25) is 0 Å². The quantitative estimate of drug-likeness (QED) is 0.444. The number of aliphatic hydroxyl groups is 2. The van der Waals surface area contributed by atoms with E-state index in [1.54, 1.807) is 0 Å². The van der Waals surface area contributed by atoms with E-state index >= 15 is 0 Å². The Balaban J connectivity index is 4.38. The molecule has 0 aliphatic carbocycles. The molecule has 0 heterocycles. The predicted octanol–water partition coefficient (Wildman–Crippen LogP) is -0.852. The maximum Gasteiger partial charge on any atom is 0.200 e. The molecule has 6 nitrogen and oxygen atoms in total. The lowest BCUT2D eigenvalue weighted by atomic mass is 10.1. The summed E-state index contributed by atoms with van der Waals surface area (Å²) >= 11 is 0. The van der Waals surface area contributed by atoms with Gasteiger partial charge in [0.25, 0.3) is 0 Å². The van der Waals surface area contributed by atoms with Gasteiger partial charge in [-0.05, 0) is 12.3 Å². The van der Waals surface area contributed by atoms with E-state index in [4.69, 9.17) is 5.11 Å². The fourth-order valence-electron chi connectivity index (χ4n) is 1.07. The Kier molecular flexibility index (Phi) is 6.30. The van der Waals surface area contributed by atoms with Crippen LogP contribution in [0.3, 0.4) is 0 Å². The third-order valence-electron chi connectivity index (χ3n) is 1.95. The lowest BCUT2D eigenvalue weighted by Gasteiger charge is -2.29. The highest BCUT2D eigenvalue weighted by Gasteiger charge is 2.20. The summed E-state index contributed by atoms with van der Waals surface area (Å²) < 4.78 is 31.7. The van der Waals surface area contributed by atoms with Crippen LogP contribution in [0.4, 0.5) is 0 Å². The van der Waals surface area contributed by atoms with Crippen molar-refractivity contribution in [2.45, 2.75) is 25.8 Å². The van der Waals surface area contributed by atoms with E-state index in [1.807, 2.05) is 13.8 Å². The van der Waals surface area contributed by atoms with Crippen molar-refractivity contribution in [1.82, 2.24) is 4.90 Å². The van der Waals surface area contributed by atoms with Gasteiger partial charge in [0.05, 0.1) is 6.61 Å². The maximum atomic E-state index is 10.6. The molecule has 0 aliphatic heterocycles. The van der Waals surface area contributed by atoms with Gasteiger partial charge >= 0.3 is 0 Å². The Morgan fingerprint density at radius 1 is 1.33 bits per heavy atom. The Morgan fingerprint density at radius 2 is 1.87 bits per heavy atom. The fraction of sp³-hybridized carbons (Fsp3) is 1.00. The largest absolute Gasteiger partial charge is 0.745 e. The van der Waals surface area contributed by atoms with E-state index in [9.17, 15) is 18.1 Å². The van der Waals surface area contributed by atoms with Gasteiger partial charge in [0.1, 0.15) is 10.1 Å². The zero-order valence-corrected chi connectivity index (χ0v) is 9.77. The summed E-state index contributed by atoms with van der Waals surface area (Å²) in [6, 6.07) is 0. The van der Waals surface area contributed by atoms with Crippen molar-refractivity contribution in [3.8, 4) is 0 Å². The highest BCUT2D eigenvalue weighted by molar-refractivity contribution is 7.86. The van der Waals surface area contributed by atoms with Crippen LogP contribution >= 0.6 is 0 Å². The van der Waals surface area contributed by atoms with E-state index < -0.39 is 15.7 Å². The van der Waals surface area contributed by atoms with Crippen LogP contribution < -0.4 is 0 Å². The molecule has 92 valence electrons. The molecule has 0 rings (SSSR count). The molecule has 0 saturated carbocycles. The van der Waals surface area contributed by atoms with Gasteiger partial charge in [-0.3, -0.25) is 4.90 Å². The van der Waals surface area contributed by atoms with E-state index in [-0.39, 0.29) is 19.7 Å². The molecule has 0 saturated heterocycles. The molecule has 15 heavy (non-hydrogen) atoms. The molecule has 0 aromatic carbocycles. The van der Waals surface area contributed by atoms with Gasteiger partial charge in [0.15, 0.2) is 5.56 Å². The normalized spacial score (nSPS) is 14.9. The molecule has 0 radical (unpaired) electrons. The van der Waals surface area contributed by atoms with Crippen molar-refractivity contribution in [3.63, 3.8) is 0 Å². The summed E-state index contributed by atoms with van der Waals surface area (Å²) in [5.41, 5.74) is -2.07. The first kappa shape index (κ1) is 14.8. The smallest absolute Gasteiger partial charge is 0.200 e. The molecule has 0 bridgehead atoms. The first-order valence-electron chi connectivity index (χ1n) is 4.76. The molecular formula is C8H18NO5S-. The minimum absolute atomic E-state index is 0.0324. The van der Waals surface area contributed by atoms with Gasteiger partial charge in [-0.1, -0.05) is 13.8 Å². The molecule has 2 N–H and O–H groups in total. The van der Waals surface area contributed by atoms with Crippen LogP contribution in [0.15, 0.2) is 0 Å². The lowest BCUT2D eigenvalue weighted by molar-refractivity contribution is 0.0427. The summed E-state index contributed by atoms with van der Waals surface area (Å²) in [5.74, 6) is 0.327. The maximum absolute atomic E-state index is 10.6. The number of rotatable bonds is 7. The van der Waals surface area contributed by atoms with Crippen molar-refractivity contribution >= 4 is 10.1 Å².